The largest absolute Gasteiger partial charge is 0.464 e. The lowest BCUT2D eigenvalue weighted by molar-refractivity contribution is -0.133. The van der Waals surface area contributed by atoms with Crippen molar-refractivity contribution in [3.8, 4) is 0 Å². The minimum Gasteiger partial charge on any atom is -0.464 e. The normalized spacial score (nSPS) is 23.2. The van der Waals surface area contributed by atoms with Crippen molar-refractivity contribution in [2.75, 3.05) is 12.0 Å². The van der Waals surface area contributed by atoms with Gasteiger partial charge in [-0.15, -0.1) is 0 Å². The third kappa shape index (κ3) is 1.89. The van der Waals surface area contributed by atoms with E-state index in [4.69, 9.17) is 0 Å². The highest BCUT2D eigenvalue weighted by atomic mass is 16.5. The lowest BCUT2D eigenvalue weighted by atomic mass is 9.99. The number of anilines is 1. The van der Waals surface area contributed by atoms with E-state index < -0.39 is 29.7 Å². The van der Waals surface area contributed by atoms with Gasteiger partial charge in [0.25, 0.3) is 5.91 Å². The van der Waals surface area contributed by atoms with Gasteiger partial charge in [-0.25, -0.2) is 9.69 Å². The molecule has 2 atom stereocenters. The first kappa shape index (κ1) is 14.2. The maximum absolute atomic E-state index is 12.6. The molecule has 7 heteroatoms. The van der Waals surface area contributed by atoms with Crippen molar-refractivity contribution < 1.29 is 19.1 Å². The number of nitrogens with zero attached hydrogens (tertiary/aromatic N) is 2. The van der Waals surface area contributed by atoms with Crippen molar-refractivity contribution in [1.29, 1.82) is 0 Å². The van der Waals surface area contributed by atoms with Gasteiger partial charge in [0.15, 0.2) is 5.71 Å². The van der Waals surface area contributed by atoms with E-state index in [1.54, 1.807) is 12.1 Å². The monoisotopic (exact) mass is 301 g/mol. The number of rotatable bonds is 2. The molecule has 3 rings (SSSR count). The number of esters is 1. The number of aryl methyl sites for hydroxylation is 2. The van der Waals surface area contributed by atoms with Gasteiger partial charge >= 0.3 is 5.97 Å². The van der Waals surface area contributed by atoms with Crippen LogP contribution in [0.25, 0.3) is 0 Å². The Labute approximate surface area is 126 Å². The first-order valence-electron chi connectivity index (χ1n) is 6.82. The average Bonchev–Trinajstić information content (AvgIpc) is 3.03. The molecule has 1 aromatic rings. The zero-order valence-corrected chi connectivity index (χ0v) is 12.4. The number of amides is 2. The SMILES string of the molecule is COC(=O)C1=NN[C@@H]2C(=O)N(c3ccc(C)c(C)c3)C(=O)[C@@H]12. The second kappa shape index (κ2) is 4.94. The number of carbonyl (C=O) groups excluding carboxylic acids is 3. The van der Waals surface area contributed by atoms with Gasteiger partial charge in [0.2, 0.25) is 5.91 Å². The van der Waals surface area contributed by atoms with E-state index in [0.717, 1.165) is 16.0 Å². The van der Waals surface area contributed by atoms with Crippen LogP contribution in [0, 0.1) is 19.8 Å². The van der Waals surface area contributed by atoms with E-state index in [1.165, 1.54) is 7.11 Å². The predicted octanol–water partition coefficient (Wildman–Crippen LogP) is 0.294. The number of carbonyl (C=O) groups is 3. The Hall–Kier alpha value is -2.70. The van der Waals surface area contributed by atoms with E-state index in [9.17, 15) is 14.4 Å². The smallest absolute Gasteiger partial charge is 0.355 e. The van der Waals surface area contributed by atoms with E-state index in [1.807, 2.05) is 19.9 Å². The molecule has 114 valence electrons. The third-order valence-electron chi connectivity index (χ3n) is 4.07. The van der Waals surface area contributed by atoms with Crippen LogP contribution < -0.4 is 10.3 Å². The molecule has 22 heavy (non-hydrogen) atoms. The molecule has 7 nitrogen and oxygen atoms in total. The van der Waals surface area contributed by atoms with Crippen LogP contribution in [0.4, 0.5) is 5.69 Å². The van der Waals surface area contributed by atoms with Crippen molar-refractivity contribution in [3.63, 3.8) is 0 Å². The zero-order chi connectivity index (χ0) is 16.0. The van der Waals surface area contributed by atoms with Crippen molar-refractivity contribution >= 4 is 29.2 Å². The summed E-state index contributed by atoms with van der Waals surface area (Å²) in [4.78, 5) is 37.8. The van der Waals surface area contributed by atoms with Crippen LogP contribution >= 0.6 is 0 Å². The van der Waals surface area contributed by atoms with Crippen LogP contribution in [0.1, 0.15) is 11.1 Å². The standard InChI is InChI=1S/C15H15N3O4/c1-7-4-5-9(6-8(7)2)18-13(19)10-11(14(18)20)16-17-12(10)15(21)22-3/h4-6,10-11,16H,1-3H3/t10-,11+/m1/s1. The lowest BCUT2D eigenvalue weighted by Crippen LogP contribution is -2.36. The highest BCUT2D eigenvalue weighted by Gasteiger charge is 2.55. The molecule has 0 bridgehead atoms. The molecule has 1 N–H and O–H groups in total. The molecule has 2 aliphatic heterocycles. The molecule has 0 radical (unpaired) electrons. The Morgan fingerprint density at radius 3 is 2.59 bits per heavy atom. The molecule has 1 fully saturated rings. The summed E-state index contributed by atoms with van der Waals surface area (Å²) in [6.45, 7) is 3.86. The van der Waals surface area contributed by atoms with Gasteiger partial charge in [-0.1, -0.05) is 6.07 Å². The third-order valence-corrected chi connectivity index (χ3v) is 4.07. The van der Waals surface area contributed by atoms with Gasteiger partial charge in [-0.2, -0.15) is 5.10 Å². The fourth-order valence-corrected chi connectivity index (χ4v) is 2.68. The summed E-state index contributed by atoms with van der Waals surface area (Å²) in [6.07, 6.45) is 0. The number of benzene rings is 1. The van der Waals surface area contributed by atoms with Crippen molar-refractivity contribution in [3.05, 3.63) is 29.3 Å². The number of fused-ring (bicyclic) bond motifs is 1. The summed E-state index contributed by atoms with van der Waals surface area (Å²) in [7, 11) is 1.21. The fourth-order valence-electron chi connectivity index (χ4n) is 2.68. The number of hydrogen-bond donors (Lipinski definition) is 1. The number of methoxy groups -OCH3 is 1. The fraction of sp³-hybridized carbons (Fsp3) is 0.333. The summed E-state index contributed by atoms with van der Waals surface area (Å²) in [5.41, 5.74) is 5.05. The van der Waals surface area contributed by atoms with Crippen LogP contribution in [0.15, 0.2) is 23.3 Å². The predicted molar refractivity (Wildman–Crippen MR) is 78.3 cm³/mol. The number of hydrazone groups is 1. The molecule has 0 spiro atoms. The molecule has 2 amide bonds. The van der Waals surface area contributed by atoms with E-state index in [2.05, 4.69) is 15.3 Å². The average molecular weight is 301 g/mol. The van der Waals surface area contributed by atoms with Crippen molar-refractivity contribution in [2.45, 2.75) is 19.9 Å². The van der Waals surface area contributed by atoms with Crippen LogP contribution in [0.3, 0.4) is 0 Å². The molecule has 0 aromatic heterocycles. The molecule has 0 aliphatic carbocycles. The quantitative estimate of drug-likeness (QED) is 0.627. The highest BCUT2D eigenvalue weighted by molar-refractivity contribution is 6.46. The first-order valence-corrected chi connectivity index (χ1v) is 6.82. The van der Waals surface area contributed by atoms with Gasteiger partial charge in [-0.3, -0.25) is 15.0 Å². The second-order valence-corrected chi connectivity index (χ2v) is 5.35. The Bertz CT molecular complexity index is 725. The Morgan fingerprint density at radius 2 is 1.95 bits per heavy atom. The van der Waals surface area contributed by atoms with Crippen molar-refractivity contribution in [1.82, 2.24) is 5.43 Å². The Morgan fingerprint density at radius 1 is 1.23 bits per heavy atom. The topological polar surface area (TPSA) is 88.1 Å². The summed E-state index contributed by atoms with van der Waals surface area (Å²) < 4.78 is 4.61. The number of imide groups is 1. The zero-order valence-electron chi connectivity index (χ0n) is 12.4. The number of ether oxygens (including phenoxy) is 1. The van der Waals surface area contributed by atoms with E-state index in [-0.39, 0.29) is 5.71 Å². The lowest BCUT2D eigenvalue weighted by Gasteiger charge is -2.16. The molecular formula is C15H15N3O4. The van der Waals surface area contributed by atoms with E-state index >= 15 is 0 Å². The summed E-state index contributed by atoms with van der Waals surface area (Å²) >= 11 is 0. The summed E-state index contributed by atoms with van der Waals surface area (Å²) in [5, 5.41) is 3.78. The molecule has 2 aliphatic rings. The van der Waals surface area contributed by atoms with Crippen LogP contribution in [-0.2, 0) is 19.1 Å². The molecule has 0 unspecified atom stereocenters. The van der Waals surface area contributed by atoms with E-state index in [0.29, 0.717) is 5.69 Å². The highest BCUT2D eigenvalue weighted by Crippen LogP contribution is 2.31. The molecular weight excluding hydrogens is 286 g/mol. The first-order chi connectivity index (χ1) is 10.5. The molecule has 2 heterocycles. The molecule has 0 saturated carbocycles. The molecule has 1 aromatic carbocycles. The number of hydrogen-bond acceptors (Lipinski definition) is 6. The maximum Gasteiger partial charge on any atom is 0.355 e. The van der Waals surface area contributed by atoms with Gasteiger partial charge in [0.1, 0.15) is 12.0 Å². The van der Waals surface area contributed by atoms with Crippen LogP contribution in [-0.4, -0.2) is 36.6 Å². The van der Waals surface area contributed by atoms with Gasteiger partial charge < -0.3 is 4.74 Å². The Balaban J connectivity index is 1.98. The number of nitrogens with one attached hydrogen (secondary N) is 1. The second-order valence-electron chi connectivity index (χ2n) is 5.35. The van der Waals surface area contributed by atoms with Crippen LogP contribution in [0.5, 0.6) is 0 Å². The Kier molecular flexibility index (Phi) is 3.20. The van der Waals surface area contributed by atoms with Gasteiger partial charge in [0.05, 0.1) is 12.8 Å². The maximum atomic E-state index is 12.6. The van der Waals surface area contributed by atoms with Crippen molar-refractivity contribution in [2.24, 2.45) is 11.0 Å². The van der Waals surface area contributed by atoms with Gasteiger partial charge in [-0.05, 0) is 37.1 Å². The van der Waals surface area contributed by atoms with Crippen LogP contribution in [0.2, 0.25) is 0 Å². The minimum atomic E-state index is -0.929. The summed E-state index contributed by atoms with van der Waals surface area (Å²) in [6, 6.07) is 4.50. The summed E-state index contributed by atoms with van der Waals surface area (Å²) in [5.74, 6) is -2.52. The van der Waals surface area contributed by atoms with Gasteiger partial charge in [0, 0.05) is 0 Å². The minimum absolute atomic E-state index is 0.0582. The molecule has 1 saturated heterocycles.